The number of rotatable bonds is 6. The zero-order valence-corrected chi connectivity index (χ0v) is 15.1. The van der Waals surface area contributed by atoms with E-state index in [4.69, 9.17) is 9.05 Å². The Morgan fingerprint density at radius 3 is 2.61 bits per heavy atom. The monoisotopic (exact) mass is 400 g/mol. The fourth-order valence-corrected chi connectivity index (χ4v) is 3.56. The minimum atomic E-state index is -3.88. The van der Waals surface area contributed by atoms with Crippen molar-refractivity contribution in [1.82, 2.24) is 15.3 Å². The molecule has 0 unspecified atom stereocenters. The molecule has 0 atom stereocenters. The predicted molar refractivity (Wildman–Crippen MR) is 96.3 cm³/mol. The van der Waals surface area contributed by atoms with Crippen LogP contribution in [0.25, 0.3) is 11.5 Å². The van der Waals surface area contributed by atoms with Crippen molar-refractivity contribution in [2.75, 3.05) is 4.72 Å². The number of benzene rings is 2. The first kappa shape index (κ1) is 17.9. The molecule has 1 N–H and O–H groups in total. The fraction of sp³-hybridized carbons (Fsp3) is 0.0556. The quantitative estimate of drug-likeness (QED) is 0.529. The van der Waals surface area contributed by atoms with Crippen LogP contribution in [0.2, 0.25) is 0 Å². The smallest absolute Gasteiger partial charge is 0.261 e. The Labute approximate surface area is 159 Å². The average Bonchev–Trinajstić information content (AvgIpc) is 3.36. The Kier molecular flexibility index (Phi) is 4.62. The van der Waals surface area contributed by atoms with E-state index < -0.39 is 15.8 Å². The van der Waals surface area contributed by atoms with Crippen molar-refractivity contribution in [2.24, 2.45) is 0 Å². The largest absolute Gasteiger partial charge is 0.361 e. The number of aromatic nitrogens is 3. The van der Waals surface area contributed by atoms with Crippen molar-refractivity contribution in [2.45, 2.75) is 11.3 Å². The third kappa shape index (κ3) is 3.91. The SMILES string of the molecule is O=S(=O)(Nc1ccc(F)cc1)c1cccc(-c2nc(Cc3ccno3)no2)c1. The summed E-state index contributed by atoms with van der Waals surface area (Å²) in [7, 11) is -3.88. The van der Waals surface area contributed by atoms with Gasteiger partial charge in [-0.05, 0) is 42.5 Å². The highest BCUT2D eigenvalue weighted by molar-refractivity contribution is 7.92. The van der Waals surface area contributed by atoms with Crippen LogP contribution in [0.5, 0.6) is 0 Å². The molecule has 0 radical (unpaired) electrons. The Morgan fingerprint density at radius 2 is 1.86 bits per heavy atom. The lowest BCUT2D eigenvalue weighted by atomic mass is 10.2. The van der Waals surface area contributed by atoms with E-state index in [2.05, 4.69) is 20.0 Å². The lowest BCUT2D eigenvalue weighted by molar-refractivity contribution is 0.382. The van der Waals surface area contributed by atoms with Gasteiger partial charge in [-0.15, -0.1) is 0 Å². The van der Waals surface area contributed by atoms with Gasteiger partial charge < -0.3 is 9.05 Å². The number of hydrogen-bond acceptors (Lipinski definition) is 7. The number of nitrogens with one attached hydrogen (secondary N) is 1. The van der Waals surface area contributed by atoms with E-state index >= 15 is 0 Å². The van der Waals surface area contributed by atoms with E-state index in [0.717, 1.165) is 0 Å². The summed E-state index contributed by atoms with van der Waals surface area (Å²) in [4.78, 5) is 4.25. The molecule has 0 aliphatic heterocycles. The molecule has 2 aromatic heterocycles. The summed E-state index contributed by atoms with van der Waals surface area (Å²) in [6, 6.07) is 12.8. The molecule has 10 heteroatoms. The first-order valence-corrected chi connectivity index (χ1v) is 9.59. The number of hydrogen-bond donors (Lipinski definition) is 1. The Bertz CT molecular complexity index is 1190. The molecule has 0 spiro atoms. The molecule has 0 aliphatic carbocycles. The van der Waals surface area contributed by atoms with Gasteiger partial charge in [-0.25, -0.2) is 12.8 Å². The number of sulfonamides is 1. The van der Waals surface area contributed by atoms with Crippen LogP contribution >= 0.6 is 0 Å². The van der Waals surface area contributed by atoms with E-state index in [1.807, 2.05) is 0 Å². The summed E-state index contributed by atoms with van der Waals surface area (Å²) < 4.78 is 50.8. The highest BCUT2D eigenvalue weighted by Crippen LogP contribution is 2.23. The Hall–Kier alpha value is -3.53. The van der Waals surface area contributed by atoms with Gasteiger partial charge in [0.2, 0.25) is 0 Å². The van der Waals surface area contributed by atoms with E-state index in [1.165, 1.54) is 42.6 Å². The van der Waals surface area contributed by atoms with Crippen LogP contribution in [-0.4, -0.2) is 23.7 Å². The second-order valence-electron chi connectivity index (χ2n) is 5.81. The van der Waals surface area contributed by atoms with Crippen molar-refractivity contribution in [3.8, 4) is 11.5 Å². The molecule has 2 aromatic carbocycles. The van der Waals surface area contributed by atoms with Crippen LogP contribution in [0.15, 0.2) is 74.7 Å². The molecule has 0 fully saturated rings. The average molecular weight is 400 g/mol. The predicted octanol–water partition coefficient (Wildman–Crippen LogP) is 3.26. The van der Waals surface area contributed by atoms with Gasteiger partial charge in [-0.2, -0.15) is 4.98 Å². The minimum Gasteiger partial charge on any atom is -0.361 e. The summed E-state index contributed by atoms with van der Waals surface area (Å²) in [5, 5.41) is 7.47. The molecular weight excluding hydrogens is 387 g/mol. The van der Waals surface area contributed by atoms with Crippen molar-refractivity contribution in [3.05, 3.63) is 78.2 Å². The lowest BCUT2D eigenvalue weighted by Gasteiger charge is -2.08. The fourth-order valence-electron chi connectivity index (χ4n) is 2.46. The molecular formula is C18H13FN4O4S. The van der Waals surface area contributed by atoms with Gasteiger partial charge in [0.05, 0.1) is 17.5 Å². The molecule has 0 saturated heterocycles. The second kappa shape index (κ2) is 7.24. The van der Waals surface area contributed by atoms with Gasteiger partial charge in [0, 0.05) is 17.3 Å². The van der Waals surface area contributed by atoms with E-state index in [0.29, 0.717) is 23.6 Å². The Morgan fingerprint density at radius 1 is 1.04 bits per heavy atom. The molecule has 4 rings (SSSR count). The van der Waals surface area contributed by atoms with Gasteiger partial charge in [-0.1, -0.05) is 16.4 Å². The lowest BCUT2D eigenvalue weighted by Crippen LogP contribution is -2.12. The van der Waals surface area contributed by atoms with Crippen molar-refractivity contribution >= 4 is 15.7 Å². The van der Waals surface area contributed by atoms with E-state index in [1.54, 1.807) is 18.2 Å². The minimum absolute atomic E-state index is 0.00399. The van der Waals surface area contributed by atoms with Crippen LogP contribution in [0.3, 0.4) is 0 Å². The maximum Gasteiger partial charge on any atom is 0.261 e. The van der Waals surface area contributed by atoms with Crippen molar-refractivity contribution in [1.29, 1.82) is 0 Å². The highest BCUT2D eigenvalue weighted by atomic mass is 32.2. The molecule has 0 amide bonds. The maximum atomic E-state index is 13.0. The van der Waals surface area contributed by atoms with E-state index in [-0.39, 0.29) is 16.5 Å². The normalized spacial score (nSPS) is 11.5. The third-order valence-electron chi connectivity index (χ3n) is 3.78. The molecule has 0 bridgehead atoms. The molecule has 8 nitrogen and oxygen atoms in total. The van der Waals surface area contributed by atoms with Crippen LogP contribution in [0, 0.1) is 5.82 Å². The zero-order valence-electron chi connectivity index (χ0n) is 14.2. The Balaban J connectivity index is 1.57. The molecule has 142 valence electrons. The maximum absolute atomic E-state index is 13.0. The highest BCUT2D eigenvalue weighted by Gasteiger charge is 2.17. The van der Waals surface area contributed by atoms with Crippen molar-refractivity contribution in [3.63, 3.8) is 0 Å². The van der Waals surface area contributed by atoms with Gasteiger partial charge in [0.15, 0.2) is 5.82 Å². The summed E-state index contributed by atoms with van der Waals surface area (Å²) in [5.41, 5.74) is 0.692. The summed E-state index contributed by atoms with van der Waals surface area (Å²) in [6.45, 7) is 0. The first-order chi connectivity index (χ1) is 13.5. The van der Waals surface area contributed by atoms with Crippen molar-refractivity contribution < 1.29 is 21.9 Å². The van der Waals surface area contributed by atoms with Gasteiger partial charge in [0.1, 0.15) is 11.6 Å². The van der Waals surface area contributed by atoms with Gasteiger partial charge in [-0.3, -0.25) is 4.72 Å². The topological polar surface area (TPSA) is 111 Å². The molecule has 0 saturated carbocycles. The summed E-state index contributed by atoms with van der Waals surface area (Å²) in [6.07, 6.45) is 1.81. The summed E-state index contributed by atoms with van der Waals surface area (Å²) in [5.74, 6) is 0.674. The van der Waals surface area contributed by atoms with Gasteiger partial charge >= 0.3 is 0 Å². The molecule has 2 heterocycles. The number of anilines is 1. The zero-order chi connectivity index (χ0) is 19.6. The van der Waals surface area contributed by atoms with Crippen LogP contribution < -0.4 is 4.72 Å². The number of nitrogens with zero attached hydrogens (tertiary/aromatic N) is 3. The first-order valence-electron chi connectivity index (χ1n) is 8.10. The molecule has 4 aromatic rings. The number of halogens is 1. The standard InChI is InChI=1S/C18H13FN4O4S/c19-13-4-6-14(7-5-13)23-28(24,25)16-3-1-2-12(10-16)18-21-17(22-27-18)11-15-8-9-20-26-15/h1-10,23H,11H2. The van der Waals surface area contributed by atoms with E-state index in [9.17, 15) is 12.8 Å². The van der Waals surface area contributed by atoms with Crippen LogP contribution in [-0.2, 0) is 16.4 Å². The van der Waals surface area contributed by atoms with Gasteiger partial charge in [0.25, 0.3) is 15.9 Å². The summed E-state index contributed by atoms with van der Waals surface area (Å²) >= 11 is 0. The third-order valence-corrected chi connectivity index (χ3v) is 5.16. The second-order valence-corrected chi connectivity index (χ2v) is 7.49. The molecule has 0 aliphatic rings. The molecule has 28 heavy (non-hydrogen) atoms. The van der Waals surface area contributed by atoms with Crippen LogP contribution in [0.1, 0.15) is 11.6 Å². The van der Waals surface area contributed by atoms with Crippen LogP contribution in [0.4, 0.5) is 10.1 Å².